The van der Waals surface area contributed by atoms with Crippen LogP contribution in [0.4, 0.5) is 0 Å². The molecule has 0 saturated carbocycles. The monoisotopic (exact) mass is 238 g/mol. The fourth-order valence-electron chi connectivity index (χ4n) is 1.53. The third-order valence-electron chi connectivity index (χ3n) is 2.28. The number of rotatable bonds is 4. The van der Waals surface area contributed by atoms with E-state index in [2.05, 4.69) is 4.98 Å². The van der Waals surface area contributed by atoms with E-state index in [9.17, 15) is 15.0 Å². The second-order valence-corrected chi connectivity index (χ2v) is 4.52. The molecule has 0 aliphatic rings. The van der Waals surface area contributed by atoms with Crippen LogP contribution in [-0.4, -0.2) is 44.7 Å². The summed E-state index contributed by atoms with van der Waals surface area (Å²) in [5.74, 6) is -0.457. The number of hydrogen-bond acceptors (Lipinski definition) is 4. The van der Waals surface area contributed by atoms with Gasteiger partial charge in [-0.15, -0.1) is 0 Å². The number of amides is 1. The van der Waals surface area contributed by atoms with E-state index in [1.807, 2.05) is 6.92 Å². The van der Waals surface area contributed by atoms with Crippen LogP contribution in [0.2, 0.25) is 0 Å². The summed E-state index contributed by atoms with van der Waals surface area (Å²) >= 11 is 0. The first-order valence-corrected chi connectivity index (χ1v) is 5.50. The van der Waals surface area contributed by atoms with E-state index in [1.54, 1.807) is 13.8 Å². The van der Waals surface area contributed by atoms with Crippen LogP contribution in [0.25, 0.3) is 0 Å². The van der Waals surface area contributed by atoms with E-state index in [0.717, 1.165) is 0 Å². The van der Waals surface area contributed by atoms with Crippen LogP contribution in [0.5, 0.6) is 5.75 Å². The molecule has 5 nitrogen and oxygen atoms in total. The van der Waals surface area contributed by atoms with Crippen LogP contribution in [0.1, 0.15) is 31.1 Å². The zero-order valence-corrected chi connectivity index (χ0v) is 10.3. The quantitative estimate of drug-likeness (QED) is 0.821. The van der Waals surface area contributed by atoms with Crippen molar-refractivity contribution >= 4 is 5.91 Å². The number of pyridine rings is 1. The first kappa shape index (κ1) is 13.4. The Hall–Kier alpha value is -1.62. The molecule has 94 valence electrons. The molecule has 1 aromatic rings. The SMILES string of the molecule is CCN(CC(C)(C)O)C(=O)c1ccncc1O. The molecule has 0 aliphatic carbocycles. The van der Waals surface area contributed by atoms with Crippen molar-refractivity contribution in [3.63, 3.8) is 0 Å². The molecule has 0 radical (unpaired) electrons. The summed E-state index contributed by atoms with van der Waals surface area (Å²) in [6.07, 6.45) is 2.68. The number of likely N-dealkylation sites (N-methyl/N-ethyl adjacent to an activating group) is 1. The summed E-state index contributed by atoms with van der Waals surface area (Å²) in [7, 11) is 0. The zero-order chi connectivity index (χ0) is 13.1. The van der Waals surface area contributed by atoms with E-state index in [0.29, 0.717) is 6.54 Å². The molecule has 17 heavy (non-hydrogen) atoms. The molecular weight excluding hydrogens is 220 g/mol. The molecule has 0 spiro atoms. The van der Waals surface area contributed by atoms with Gasteiger partial charge in [0.1, 0.15) is 5.75 Å². The highest BCUT2D eigenvalue weighted by atomic mass is 16.3. The second kappa shape index (κ2) is 5.14. The van der Waals surface area contributed by atoms with Gasteiger partial charge >= 0.3 is 0 Å². The number of aromatic nitrogens is 1. The van der Waals surface area contributed by atoms with Crippen molar-refractivity contribution in [2.75, 3.05) is 13.1 Å². The van der Waals surface area contributed by atoms with Gasteiger partial charge in [0.05, 0.1) is 17.4 Å². The van der Waals surface area contributed by atoms with Gasteiger partial charge in [-0.1, -0.05) is 0 Å². The van der Waals surface area contributed by atoms with Gasteiger partial charge in [0.25, 0.3) is 5.91 Å². The highest BCUT2D eigenvalue weighted by Crippen LogP contribution is 2.17. The predicted octanol–water partition coefficient (Wildman–Crippen LogP) is 1.02. The molecule has 2 N–H and O–H groups in total. The fraction of sp³-hybridized carbons (Fsp3) is 0.500. The smallest absolute Gasteiger partial charge is 0.257 e. The Morgan fingerprint density at radius 1 is 1.53 bits per heavy atom. The molecule has 0 bridgehead atoms. The van der Waals surface area contributed by atoms with Crippen molar-refractivity contribution in [3.8, 4) is 5.75 Å². The van der Waals surface area contributed by atoms with Crippen molar-refractivity contribution in [1.82, 2.24) is 9.88 Å². The summed E-state index contributed by atoms with van der Waals surface area (Å²) in [5.41, 5.74) is -0.764. The Morgan fingerprint density at radius 2 is 2.18 bits per heavy atom. The number of carbonyl (C=O) groups excluding carboxylic acids is 1. The van der Waals surface area contributed by atoms with Gasteiger partial charge < -0.3 is 15.1 Å². The average molecular weight is 238 g/mol. The number of aromatic hydroxyl groups is 1. The summed E-state index contributed by atoms with van der Waals surface area (Å²) in [6, 6.07) is 1.46. The van der Waals surface area contributed by atoms with Gasteiger partial charge in [0, 0.05) is 19.3 Å². The number of hydrogen-bond donors (Lipinski definition) is 2. The van der Waals surface area contributed by atoms with E-state index >= 15 is 0 Å². The molecule has 1 heterocycles. The zero-order valence-electron chi connectivity index (χ0n) is 10.3. The lowest BCUT2D eigenvalue weighted by molar-refractivity contribution is 0.0313. The van der Waals surface area contributed by atoms with Gasteiger partial charge in [0.15, 0.2) is 0 Å². The lowest BCUT2D eigenvalue weighted by Gasteiger charge is -2.28. The minimum Gasteiger partial charge on any atom is -0.505 e. The van der Waals surface area contributed by atoms with E-state index in [4.69, 9.17) is 0 Å². The standard InChI is InChI=1S/C12H18N2O3/c1-4-14(8-12(2,3)17)11(16)9-5-6-13-7-10(9)15/h5-7,15,17H,4,8H2,1-3H3. The number of aliphatic hydroxyl groups is 1. The van der Waals surface area contributed by atoms with Crippen LogP contribution in [0, 0.1) is 0 Å². The maximum Gasteiger partial charge on any atom is 0.257 e. The Bertz CT molecular complexity index is 399. The third kappa shape index (κ3) is 3.71. The topological polar surface area (TPSA) is 73.7 Å². The first-order valence-electron chi connectivity index (χ1n) is 5.50. The first-order chi connectivity index (χ1) is 7.85. The molecule has 0 aliphatic heterocycles. The summed E-state index contributed by atoms with van der Waals surface area (Å²) in [6.45, 7) is 5.77. The summed E-state index contributed by atoms with van der Waals surface area (Å²) < 4.78 is 0. The van der Waals surface area contributed by atoms with Crippen molar-refractivity contribution in [3.05, 3.63) is 24.0 Å². The van der Waals surface area contributed by atoms with Crippen molar-refractivity contribution in [2.45, 2.75) is 26.4 Å². The summed E-state index contributed by atoms with van der Waals surface area (Å²) in [4.78, 5) is 17.3. The normalized spacial score (nSPS) is 11.3. The van der Waals surface area contributed by atoms with Crippen molar-refractivity contribution < 1.29 is 15.0 Å². The minimum atomic E-state index is -0.964. The lowest BCUT2D eigenvalue weighted by Crippen LogP contribution is -2.42. The van der Waals surface area contributed by atoms with Crippen LogP contribution >= 0.6 is 0 Å². The van der Waals surface area contributed by atoms with Crippen molar-refractivity contribution in [2.24, 2.45) is 0 Å². The van der Waals surface area contributed by atoms with Gasteiger partial charge in [-0.2, -0.15) is 0 Å². The van der Waals surface area contributed by atoms with Crippen LogP contribution in [0.15, 0.2) is 18.5 Å². The molecule has 0 fully saturated rings. The molecule has 0 atom stereocenters. The Labute approximate surface area is 101 Å². The van der Waals surface area contributed by atoms with Gasteiger partial charge in [0.2, 0.25) is 0 Å². The lowest BCUT2D eigenvalue weighted by atomic mass is 10.1. The number of carbonyl (C=O) groups is 1. The highest BCUT2D eigenvalue weighted by Gasteiger charge is 2.23. The molecule has 1 amide bonds. The number of nitrogens with zero attached hydrogens (tertiary/aromatic N) is 2. The Balaban J connectivity index is 2.91. The van der Waals surface area contributed by atoms with Gasteiger partial charge in [-0.3, -0.25) is 9.78 Å². The third-order valence-corrected chi connectivity index (χ3v) is 2.28. The van der Waals surface area contributed by atoms with Crippen molar-refractivity contribution in [1.29, 1.82) is 0 Å². The van der Waals surface area contributed by atoms with Gasteiger partial charge in [-0.05, 0) is 26.8 Å². The maximum absolute atomic E-state index is 12.1. The van der Waals surface area contributed by atoms with E-state index in [1.165, 1.54) is 23.4 Å². The second-order valence-electron chi connectivity index (χ2n) is 4.52. The van der Waals surface area contributed by atoms with Crippen LogP contribution in [-0.2, 0) is 0 Å². The maximum atomic E-state index is 12.1. The summed E-state index contributed by atoms with van der Waals surface area (Å²) in [5, 5.41) is 19.3. The van der Waals surface area contributed by atoms with E-state index < -0.39 is 5.60 Å². The molecule has 0 unspecified atom stereocenters. The molecular formula is C12H18N2O3. The predicted molar refractivity (Wildman–Crippen MR) is 63.8 cm³/mol. The Morgan fingerprint density at radius 3 is 2.65 bits per heavy atom. The average Bonchev–Trinajstić information content (AvgIpc) is 2.24. The van der Waals surface area contributed by atoms with Gasteiger partial charge in [-0.25, -0.2) is 0 Å². The highest BCUT2D eigenvalue weighted by molar-refractivity contribution is 5.96. The minimum absolute atomic E-state index is 0.147. The molecule has 0 saturated heterocycles. The molecule has 0 aromatic carbocycles. The molecule has 5 heteroatoms. The largest absolute Gasteiger partial charge is 0.505 e. The van der Waals surface area contributed by atoms with Crippen LogP contribution in [0.3, 0.4) is 0 Å². The molecule has 1 rings (SSSR count). The van der Waals surface area contributed by atoms with Crippen LogP contribution < -0.4 is 0 Å². The van der Waals surface area contributed by atoms with E-state index in [-0.39, 0.29) is 23.8 Å². The molecule has 1 aromatic heterocycles. The fourth-order valence-corrected chi connectivity index (χ4v) is 1.53. The Kier molecular flexibility index (Phi) is 4.07.